The van der Waals surface area contributed by atoms with Crippen LogP contribution >= 0.6 is 11.3 Å². The third kappa shape index (κ3) is 5.59. The van der Waals surface area contributed by atoms with Crippen molar-refractivity contribution in [2.75, 3.05) is 31.6 Å². The first-order valence-corrected chi connectivity index (χ1v) is 14.3. The van der Waals surface area contributed by atoms with E-state index in [0.29, 0.717) is 36.1 Å². The molecular formula is C29H35N5O3S. The van der Waals surface area contributed by atoms with Gasteiger partial charge in [0.2, 0.25) is 0 Å². The maximum atomic E-state index is 13.7. The van der Waals surface area contributed by atoms with Gasteiger partial charge in [-0.3, -0.25) is 19.6 Å². The fourth-order valence-electron chi connectivity index (χ4n) is 5.72. The van der Waals surface area contributed by atoms with Gasteiger partial charge in [0.15, 0.2) is 0 Å². The van der Waals surface area contributed by atoms with Gasteiger partial charge in [-0.15, -0.1) is 11.3 Å². The predicted molar refractivity (Wildman–Crippen MR) is 150 cm³/mol. The van der Waals surface area contributed by atoms with E-state index >= 15 is 0 Å². The first-order valence-electron chi connectivity index (χ1n) is 13.5. The standard InChI is InChI=1S/C29H35N5O3S/c1-32(19-23-11-5-10-22-12-6-14-30-26(22)23)20-25-33(15-7-16-35)28(36)27-24(13-17-38-27)34(25)29(37)31-18-21-8-3-2-4-9-21/h5-6,10-14,16-17,21,25H,2-4,7-9,15,18-20H2,1H3,(H,31,37). The van der Waals surface area contributed by atoms with Crippen LogP contribution in [0, 0.1) is 5.92 Å². The second-order valence-corrected chi connectivity index (χ2v) is 11.2. The van der Waals surface area contributed by atoms with E-state index in [1.165, 1.54) is 30.6 Å². The van der Waals surface area contributed by atoms with Gasteiger partial charge in [0.1, 0.15) is 17.3 Å². The summed E-state index contributed by atoms with van der Waals surface area (Å²) in [6.07, 6.45) is 8.27. The molecule has 0 bridgehead atoms. The zero-order valence-electron chi connectivity index (χ0n) is 21.8. The van der Waals surface area contributed by atoms with E-state index in [2.05, 4.69) is 21.3 Å². The molecule has 5 rings (SSSR count). The molecule has 3 aromatic rings. The Morgan fingerprint density at radius 1 is 1.18 bits per heavy atom. The lowest BCUT2D eigenvalue weighted by Crippen LogP contribution is -2.62. The van der Waals surface area contributed by atoms with E-state index in [0.717, 1.165) is 35.6 Å². The number of fused-ring (bicyclic) bond motifs is 2. The number of hydrogen-bond donors (Lipinski definition) is 1. The Kier molecular flexibility index (Phi) is 8.34. The van der Waals surface area contributed by atoms with E-state index < -0.39 is 6.17 Å². The lowest BCUT2D eigenvalue weighted by atomic mass is 9.89. The van der Waals surface area contributed by atoms with E-state index in [1.54, 1.807) is 16.0 Å². The molecule has 3 amide bonds. The predicted octanol–water partition coefficient (Wildman–Crippen LogP) is 4.90. The molecule has 0 saturated heterocycles. The van der Waals surface area contributed by atoms with Crippen molar-refractivity contribution in [3.8, 4) is 0 Å². The minimum atomic E-state index is -0.538. The minimum Gasteiger partial charge on any atom is -0.337 e. The van der Waals surface area contributed by atoms with Crippen LogP contribution in [0.1, 0.15) is 53.8 Å². The van der Waals surface area contributed by atoms with Gasteiger partial charge in [-0.05, 0) is 48.9 Å². The van der Waals surface area contributed by atoms with Gasteiger partial charge in [-0.25, -0.2) is 4.79 Å². The number of thiophene rings is 1. The molecule has 38 heavy (non-hydrogen) atoms. The molecule has 1 atom stereocenters. The van der Waals surface area contributed by atoms with E-state index in [-0.39, 0.29) is 24.9 Å². The second kappa shape index (κ2) is 12.0. The second-order valence-electron chi connectivity index (χ2n) is 10.3. The molecule has 1 aliphatic heterocycles. The number of aldehydes is 1. The molecule has 1 saturated carbocycles. The zero-order valence-corrected chi connectivity index (χ0v) is 22.7. The molecule has 200 valence electrons. The molecule has 1 aromatic carbocycles. The van der Waals surface area contributed by atoms with Gasteiger partial charge in [0.25, 0.3) is 5.91 Å². The third-order valence-corrected chi connectivity index (χ3v) is 8.51. The summed E-state index contributed by atoms with van der Waals surface area (Å²) in [6, 6.07) is 11.8. The molecule has 3 heterocycles. The van der Waals surface area contributed by atoms with E-state index in [4.69, 9.17) is 0 Å². The monoisotopic (exact) mass is 533 g/mol. The van der Waals surface area contributed by atoms with Crippen LogP contribution in [0.4, 0.5) is 10.5 Å². The Morgan fingerprint density at radius 3 is 2.82 bits per heavy atom. The fourth-order valence-corrected chi connectivity index (χ4v) is 6.56. The van der Waals surface area contributed by atoms with Gasteiger partial charge < -0.3 is 15.0 Å². The number of benzene rings is 1. The van der Waals surface area contributed by atoms with Crippen molar-refractivity contribution < 1.29 is 14.4 Å². The topological polar surface area (TPSA) is 85.9 Å². The molecule has 8 nitrogen and oxygen atoms in total. The first-order chi connectivity index (χ1) is 18.6. The van der Waals surface area contributed by atoms with Crippen molar-refractivity contribution in [3.05, 3.63) is 58.4 Å². The maximum Gasteiger partial charge on any atom is 0.323 e. The number of rotatable bonds is 9. The fraction of sp³-hybridized carbons (Fsp3) is 0.448. The molecule has 2 aromatic heterocycles. The molecule has 1 fully saturated rings. The summed E-state index contributed by atoms with van der Waals surface area (Å²) in [5.41, 5.74) is 2.67. The van der Waals surface area contributed by atoms with Crippen molar-refractivity contribution >= 4 is 46.2 Å². The van der Waals surface area contributed by atoms with Crippen LogP contribution in [0.2, 0.25) is 0 Å². The lowest BCUT2D eigenvalue weighted by molar-refractivity contribution is -0.108. The van der Waals surface area contributed by atoms with Gasteiger partial charge in [-0.2, -0.15) is 0 Å². The molecule has 1 aliphatic carbocycles. The van der Waals surface area contributed by atoms with Crippen molar-refractivity contribution in [1.82, 2.24) is 20.1 Å². The van der Waals surface area contributed by atoms with Crippen LogP contribution in [-0.4, -0.2) is 65.9 Å². The number of likely N-dealkylation sites (N-methyl/N-ethyl adjacent to an activating group) is 1. The van der Waals surface area contributed by atoms with Gasteiger partial charge in [0, 0.05) is 44.2 Å². The first kappa shape index (κ1) is 26.3. The number of para-hydroxylation sites is 1. The Hall–Kier alpha value is -3.30. The largest absolute Gasteiger partial charge is 0.337 e. The summed E-state index contributed by atoms with van der Waals surface area (Å²) >= 11 is 1.34. The third-order valence-electron chi connectivity index (χ3n) is 7.62. The molecule has 9 heteroatoms. The summed E-state index contributed by atoms with van der Waals surface area (Å²) in [6.45, 7) is 1.94. The number of nitrogens with one attached hydrogen (secondary N) is 1. The number of nitrogens with zero attached hydrogens (tertiary/aromatic N) is 4. The quantitative estimate of drug-likeness (QED) is 0.396. The van der Waals surface area contributed by atoms with Crippen molar-refractivity contribution in [2.24, 2.45) is 5.92 Å². The summed E-state index contributed by atoms with van der Waals surface area (Å²) < 4.78 is 0. The summed E-state index contributed by atoms with van der Waals surface area (Å²) in [7, 11) is 1.99. The molecule has 1 unspecified atom stereocenters. The summed E-state index contributed by atoms with van der Waals surface area (Å²) in [4.78, 5) is 49.2. The van der Waals surface area contributed by atoms with E-state index in [1.807, 2.05) is 42.8 Å². The smallest absolute Gasteiger partial charge is 0.323 e. The highest BCUT2D eigenvalue weighted by atomic mass is 32.1. The summed E-state index contributed by atoms with van der Waals surface area (Å²) in [5.74, 6) is 0.366. The van der Waals surface area contributed by atoms with E-state index in [9.17, 15) is 14.4 Å². The Balaban J connectivity index is 1.41. The number of urea groups is 1. The number of pyridine rings is 1. The van der Waals surface area contributed by atoms with Crippen molar-refractivity contribution in [3.63, 3.8) is 0 Å². The molecule has 0 spiro atoms. The summed E-state index contributed by atoms with van der Waals surface area (Å²) in [5, 5.41) is 6.11. The highest BCUT2D eigenvalue weighted by molar-refractivity contribution is 7.12. The lowest BCUT2D eigenvalue weighted by Gasteiger charge is -2.44. The maximum absolute atomic E-state index is 13.7. The number of amides is 3. The molecule has 0 radical (unpaired) electrons. The normalized spacial score (nSPS) is 18.2. The zero-order chi connectivity index (χ0) is 26.5. The number of aromatic nitrogens is 1. The number of anilines is 1. The van der Waals surface area contributed by atoms with Crippen molar-refractivity contribution in [1.29, 1.82) is 0 Å². The Bertz CT molecular complexity index is 1280. The molecule has 1 N–H and O–H groups in total. The van der Waals surface area contributed by atoms with Gasteiger partial charge in [-0.1, -0.05) is 43.5 Å². The SMILES string of the molecule is CN(Cc1cccc2cccnc12)CC1N(CCC=O)C(=O)c2sccc2N1C(=O)NCC1CCCCC1. The van der Waals surface area contributed by atoms with Crippen LogP contribution in [0.5, 0.6) is 0 Å². The molecule has 2 aliphatic rings. The number of hydrogen-bond acceptors (Lipinski definition) is 6. The molecular weight excluding hydrogens is 498 g/mol. The highest BCUT2D eigenvalue weighted by Crippen LogP contribution is 2.36. The number of carbonyl (C=O) groups excluding carboxylic acids is 3. The van der Waals surface area contributed by atoms with Gasteiger partial charge in [0.05, 0.1) is 11.2 Å². The minimum absolute atomic E-state index is 0.126. The Labute approximate surface area is 227 Å². The van der Waals surface area contributed by atoms with Crippen LogP contribution in [-0.2, 0) is 11.3 Å². The average Bonchev–Trinajstić information content (AvgIpc) is 3.42. The van der Waals surface area contributed by atoms with Crippen LogP contribution in [0.3, 0.4) is 0 Å². The van der Waals surface area contributed by atoms with Gasteiger partial charge >= 0.3 is 6.03 Å². The van der Waals surface area contributed by atoms with Crippen LogP contribution in [0.15, 0.2) is 48.0 Å². The van der Waals surface area contributed by atoms with Crippen LogP contribution < -0.4 is 10.2 Å². The van der Waals surface area contributed by atoms with Crippen LogP contribution in [0.25, 0.3) is 10.9 Å². The average molecular weight is 534 g/mol. The van der Waals surface area contributed by atoms with Crippen molar-refractivity contribution in [2.45, 2.75) is 51.2 Å². The Morgan fingerprint density at radius 2 is 2.00 bits per heavy atom. The number of carbonyl (C=O) groups is 3. The highest BCUT2D eigenvalue weighted by Gasteiger charge is 2.42.